The van der Waals surface area contributed by atoms with Crippen LogP contribution in [0.15, 0.2) is 43.0 Å². The molecular formula is C16H22O2. The van der Waals surface area contributed by atoms with Crippen molar-refractivity contribution >= 4 is 0 Å². The third-order valence-corrected chi connectivity index (χ3v) is 3.46. The summed E-state index contributed by atoms with van der Waals surface area (Å²) in [6.45, 7) is 3.63. The van der Waals surface area contributed by atoms with E-state index in [2.05, 4.69) is 30.8 Å². The number of ether oxygens (including phenoxy) is 1. The molecule has 3 atom stereocenters. The number of aliphatic hydroxyl groups is 1. The maximum absolute atomic E-state index is 9.70. The average molecular weight is 246 g/mol. The van der Waals surface area contributed by atoms with E-state index in [-0.39, 0.29) is 18.3 Å². The van der Waals surface area contributed by atoms with E-state index in [0.29, 0.717) is 6.42 Å². The van der Waals surface area contributed by atoms with Crippen LogP contribution in [0.25, 0.3) is 0 Å². The highest BCUT2D eigenvalue weighted by Gasteiger charge is 2.42. The van der Waals surface area contributed by atoms with Gasteiger partial charge in [0, 0.05) is 0 Å². The Hall–Kier alpha value is -1.12. The first kappa shape index (κ1) is 13.3. The highest BCUT2D eigenvalue weighted by Crippen LogP contribution is 2.31. The first-order chi connectivity index (χ1) is 8.81. The Morgan fingerprint density at radius 3 is 2.78 bits per heavy atom. The van der Waals surface area contributed by atoms with Crippen LogP contribution < -0.4 is 0 Å². The van der Waals surface area contributed by atoms with Gasteiger partial charge in [-0.3, -0.25) is 0 Å². The Morgan fingerprint density at radius 1 is 1.28 bits per heavy atom. The second-order valence-corrected chi connectivity index (χ2v) is 4.96. The van der Waals surface area contributed by atoms with Gasteiger partial charge in [0.25, 0.3) is 0 Å². The molecule has 0 bridgehead atoms. The average Bonchev–Trinajstić information content (AvgIpc) is 3.16. The summed E-state index contributed by atoms with van der Waals surface area (Å²) in [5.74, 6) is 0. The molecule has 1 N–H and O–H groups in total. The van der Waals surface area contributed by atoms with Gasteiger partial charge >= 0.3 is 0 Å². The molecule has 1 aliphatic heterocycles. The minimum Gasteiger partial charge on any atom is -0.390 e. The van der Waals surface area contributed by atoms with Crippen molar-refractivity contribution in [2.45, 2.75) is 50.4 Å². The molecule has 0 aromatic heterocycles. The summed E-state index contributed by atoms with van der Waals surface area (Å²) < 4.78 is 5.49. The molecule has 1 saturated heterocycles. The first-order valence-electron chi connectivity index (χ1n) is 6.79. The van der Waals surface area contributed by atoms with E-state index in [1.165, 1.54) is 12.0 Å². The third-order valence-electron chi connectivity index (χ3n) is 3.46. The van der Waals surface area contributed by atoms with E-state index in [1.807, 2.05) is 6.07 Å². The molecule has 1 aromatic rings. The summed E-state index contributed by atoms with van der Waals surface area (Å²) in [7, 11) is 0. The second-order valence-electron chi connectivity index (χ2n) is 4.96. The maximum atomic E-state index is 9.70. The van der Waals surface area contributed by atoms with Crippen LogP contribution in [0.1, 0.15) is 31.2 Å². The molecule has 2 nitrogen and oxygen atoms in total. The molecule has 1 heterocycles. The Labute approximate surface area is 109 Å². The second kappa shape index (κ2) is 6.72. The molecule has 2 heteroatoms. The van der Waals surface area contributed by atoms with Gasteiger partial charge in [-0.15, -0.1) is 6.58 Å². The zero-order valence-electron chi connectivity index (χ0n) is 10.8. The fourth-order valence-electron chi connectivity index (χ4n) is 2.35. The van der Waals surface area contributed by atoms with E-state index >= 15 is 0 Å². The lowest BCUT2D eigenvalue weighted by atomic mass is 10.0. The summed E-state index contributed by atoms with van der Waals surface area (Å²) in [6.07, 6.45) is 6.89. The van der Waals surface area contributed by atoms with Gasteiger partial charge in [-0.1, -0.05) is 42.8 Å². The van der Waals surface area contributed by atoms with Gasteiger partial charge in [-0.05, 0) is 31.2 Å². The number of rotatable bonds is 8. The lowest BCUT2D eigenvalue weighted by molar-refractivity contribution is 0.138. The highest BCUT2D eigenvalue weighted by molar-refractivity contribution is 5.14. The Bertz CT molecular complexity index is 361. The number of hydrogen-bond donors (Lipinski definition) is 1. The number of aryl methyl sites for hydroxylation is 1. The summed E-state index contributed by atoms with van der Waals surface area (Å²) >= 11 is 0. The standard InChI is InChI=1S/C16H22O2/c1-2-8-14(17)16-15(18-16)12-7-6-11-13-9-4-3-5-10-13/h2-5,9-10,14-17H,1,6-8,11-12H2/t14-,15-,16-/m1/s1. The summed E-state index contributed by atoms with van der Waals surface area (Å²) in [5.41, 5.74) is 1.40. The fourth-order valence-corrected chi connectivity index (χ4v) is 2.35. The van der Waals surface area contributed by atoms with E-state index in [1.54, 1.807) is 6.08 Å². The van der Waals surface area contributed by atoms with E-state index in [4.69, 9.17) is 4.74 Å². The number of epoxide rings is 1. The molecule has 1 aliphatic rings. The van der Waals surface area contributed by atoms with Crippen molar-refractivity contribution in [2.75, 3.05) is 0 Å². The monoisotopic (exact) mass is 246 g/mol. The predicted molar refractivity (Wildman–Crippen MR) is 73.5 cm³/mol. The Morgan fingerprint density at radius 2 is 2.06 bits per heavy atom. The summed E-state index contributed by atoms with van der Waals surface area (Å²) in [4.78, 5) is 0. The summed E-state index contributed by atoms with van der Waals surface area (Å²) in [6, 6.07) is 10.6. The van der Waals surface area contributed by atoms with Crippen LogP contribution in [0, 0.1) is 0 Å². The normalized spacial score (nSPS) is 23.6. The van der Waals surface area contributed by atoms with Gasteiger partial charge < -0.3 is 9.84 Å². The maximum Gasteiger partial charge on any atom is 0.110 e. The van der Waals surface area contributed by atoms with Crippen molar-refractivity contribution in [1.82, 2.24) is 0 Å². The van der Waals surface area contributed by atoms with Gasteiger partial charge in [0.2, 0.25) is 0 Å². The van der Waals surface area contributed by atoms with Crippen LogP contribution in [0.5, 0.6) is 0 Å². The number of aliphatic hydroxyl groups excluding tert-OH is 1. The molecule has 0 unspecified atom stereocenters. The zero-order chi connectivity index (χ0) is 12.8. The molecule has 2 rings (SSSR count). The van der Waals surface area contributed by atoms with Crippen molar-refractivity contribution in [1.29, 1.82) is 0 Å². The molecule has 0 amide bonds. The number of hydrogen-bond acceptors (Lipinski definition) is 2. The highest BCUT2D eigenvalue weighted by atomic mass is 16.6. The lowest BCUT2D eigenvalue weighted by Gasteiger charge is -2.03. The Kier molecular flexibility index (Phi) is 4.97. The molecule has 18 heavy (non-hydrogen) atoms. The van der Waals surface area contributed by atoms with Crippen molar-refractivity contribution in [3.8, 4) is 0 Å². The predicted octanol–water partition coefficient (Wildman–Crippen LogP) is 3.10. The van der Waals surface area contributed by atoms with Crippen LogP contribution in [-0.4, -0.2) is 23.4 Å². The van der Waals surface area contributed by atoms with Crippen molar-refractivity contribution in [2.24, 2.45) is 0 Å². The quantitative estimate of drug-likeness (QED) is 0.434. The van der Waals surface area contributed by atoms with Crippen LogP contribution in [0.2, 0.25) is 0 Å². The van der Waals surface area contributed by atoms with E-state index in [9.17, 15) is 5.11 Å². The van der Waals surface area contributed by atoms with Gasteiger partial charge in [0.05, 0.1) is 12.2 Å². The topological polar surface area (TPSA) is 32.8 Å². The smallest absolute Gasteiger partial charge is 0.110 e. The third kappa shape index (κ3) is 3.97. The van der Waals surface area contributed by atoms with Crippen LogP contribution >= 0.6 is 0 Å². The van der Waals surface area contributed by atoms with Gasteiger partial charge in [0.15, 0.2) is 0 Å². The van der Waals surface area contributed by atoms with Crippen molar-refractivity contribution in [3.63, 3.8) is 0 Å². The molecule has 0 aliphatic carbocycles. The number of unbranched alkanes of at least 4 members (excludes halogenated alkanes) is 1. The summed E-state index contributed by atoms with van der Waals surface area (Å²) in [5, 5.41) is 9.70. The van der Waals surface area contributed by atoms with Crippen LogP contribution in [-0.2, 0) is 11.2 Å². The molecule has 1 aromatic carbocycles. The van der Waals surface area contributed by atoms with Crippen LogP contribution in [0.4, 0.5) is 0 Å². The van der Waals surface area contributed by atoms with Gasteiger partial charge in [-0.25, -0.2) is 0 Å². The van der Waals surface area contributed by atoms with E-state index < -0.39 is 0 Å². The minimum atomic E-state index is -0.360. The van der Waals surface area contributed by atoms with Crippen molar-refractivity contribution in [3.05, 3.63) is 48.6 Å². The molecule has 1 fully saturated rings. The minimum absolute atomic E-state index is 0.0553. The van der Waals surface area contributed by atoms with Crippen molar-refractivity contribution < 1.29 is 9.84 Å². The number of benzene rings is 1. The molecule has 98 valence electrons. The van der Waals surface area contributed by atoms with Gasteiger partial charge in [0.1, 0.15) is 6.10 Å². The SMILES string of the molecule is C=CC[C@@H](O)[C@H]1O[C@@H]1CCCCc1ccccc1. The van der Waals surface area contributed by atoms with Crippen LogP contribution in [0.3, 0.4) is 0 Å². The van der Waals surface area contributed by atoms with Gasteiger partial charge in [-0.2, -0.15) is 0 Å². The molecule has 0 radical (unpaired) electrons. The van der Waals surface area contributed by atoms with E-state index in [0.717, 1.165) is 19.3 Å². The first-order valence-corrected chi connectivity index (χ1v) is 6.79. The molecule has 0 spiro atoms. The fraction of sp³-hybridized carbons (Fsp3) is 0.500. The molecule has 0 saturated carbocycles. The lowest BCUT2D eigenvalue weighted by Crippen LogP contribution is -2.15. The molecular weight excluding hydrogens is 224 g/mol. The largest absolute Gasteiger partial charge is 0.390 e. The zero-order valence-corrected chi connectivity index (χ0v) is 10.8. The Balaban J connectivity index is 1.56.